The number of rotatable bonds is 1. The van der Waals surface area contributed by atoms with Gasteiger partial charge in [0.1, 0.15) is 0 Å². The van der Waals surface area contributed by atoms with Crippen molar-refractivity contribution in [1.29, 1.82) is 0 Å². The minimum atomic E-state index is -5.14. The molecule has 0 saturated carbocycles. The van der Waals surface area contributed by atoms with Crippen molar-refractivity contribution < 1.29 is 18.5 Å². The second-order valence-corrected chi connectivity index (χ2v) is 3.26. The number of halogens is 1. The van der Waals surface area contributed by atoms with Gasteiger partial charge in [0, 0.05) is 0 Å². The Hall–Kier alpha value is -0.103. The fourth-order valence-corrected chi connectivity index (χ4v) is 0.714. The van der Waals surface area contributed by atoms with E-state index in [2.05, 4.69) is 42.0 Å². The first-order chi connectivity index (χ1) is 5.93. The molecule has 0 bridgehead atoms. The van der Waals surface area contributed by atoms with E-state index in [1.807, 2.05) is 6.07 Å². The minimum absolute atomic E-state index is 1.14. The molecule has 0 aromatic heterocycles. The molecule has 0 atom stereocenters. The van der Waals surface area contributed by atoms with Crippen molar-refractivity contribution >= 4 is 25.6 Å². The van der Waals surface area contributed by atoms with Crippen LogP contribution in [0.2, 0.25) is 0 Å². The molecule has 0 radical (unpaired) electrons. The van der Waals surface area contributed by atoms with Gasteiger partial charge < -0.3 is 0 Å². The van der Waals surface area contributed by atoms with Crippen molar-refractivity contribution in [3.05, 3.63) is 35.9 Å². The molecule has 1 rings (SSSR count). The van der Waals surface area contributed by atoms with Crippen LogP contribution in [0, 0.1) is 0 Å². The summed E-state index contributed by atoms with van der Waals surface area (Å²) in [7, 11) is -5.14. The van der Waals surface area contributed by atoms with Gasteiger partial charge >= 0.3 is 66.6 Å². The molecule has 6 heteroatoms. The van der Waals surface area contributed by atoms with E-state index in [9.17, 15) is 4.20 Å². The van der Waals surface area contributed by atoms with Gasteiger partial charge in [-0.1, -0.05) is 0 Å². The zero-order valence-electron chi connectivity index (χ0n) is 7.22. The van der Waals surface area contributed by atoms with Gasteiger partial charge in [-0.3, -0.25) is 9.79 Å². The molecule has 0 saturated heterocycles. The summed E-state index contributed by atoms with van der Waals surface area (Å²) in [5.74, 6) is 0. The normalized spacial score (nSPS) is 10.2. The van der Waals surface area contributed by atoms with Gasteiger partial charge in [0.2, 0.25) is 0 Å². The van der Waals surface area contributed by atoms with Crippen molar-refractivity contribution in [2.45, 2.75) is 5.09 Å². The number of hydrogen-bond acceptors (Lipinski definition) is 1. The Labute approximate surface area is 85.5 Å². The van der Waals surface area contributed by atoms with Crippen molar-refractivity contribution in [1.82, 2.24) is 0 Å². The summed E-state index contributed by atoms with van der Waals surface area (Å²) in [6.45, 7) is 0. The van der Waals surface area contributed by atoms with Crippen LogP contribution in [0.15, 0.2) is 30.3 Å². The fraction of sp³-hybridized carbons (Fsp3) is 0.143. The van der Waals surface area contributed by atoms with Crippen LogP contribution in [0.1, 0.15) is 5.56 Å². The fourth-order valence-electron chi connectivity index (χ4n) is 0.714. The maximum absolute atomic E-state index is 10.4. The van der Waals surface area contributed by atoms with E-state index in [1.165, 1.54) is 5.56 Å². The van der Waals surface area contributed by atoms with Gasteiger partial charge in [-0.25, -0.2) is 4.57 Å². The Kier molecular flexibility index (Phi) is 6.32. The first-order valence-electron chi connectivity index (χ1n) is 3.72. The van der Waals surface area contributed by atoms with Crippen LogP contribution in [0.4, 0.5) is 4.20 Å². The molecule has 0 fully saturated rings. The summed E-state index contributed by atoms with van der Waals surface area (Å²) in [5.41, 5.74) is 1.41. The molecular weight excluding hydrogens is 189 g/mol. The average molecular weight is 198 g/mol. The van der Waals surface area contributed by atoms with E-state index in [1.54, 1.807) is 0 Å². The molecule has 1 aromatic rings. The van der Waals surface area contributed by atoms with Crippen molar-refractivity contribution in [2.75, 3.05) is 0 Å². The summed E-state index contributed by atoms with van der Waals surface area (Å²) in [5, 5.41) is 1.14. The van der Waals surface area contributed by atoms with Crippen LogP contribution in [-0.4, -0.2) is 27.5 Å². The van der Waals surface area contributed by atoms with Gasteiger partial charge in [-0.15, -0.1) is 4.20 Å². The SMILES string of the molecule is O=P(O)(O)F.[Li][CH2]c1ccccc1. The Morgan fingerprint density at radius 1 is 1.31 bits per heavy atom. The molecule has 68 valence electrons. The molecule has 0 spiro atoms. The van der Waals surface area contributed by atoms with E-state index in [4.69, 9.17) is 14.4 Å². The van der Waals surface area contributed by atoms with E-state index in [0.717, 1.165) is 5.09 Å². The number of benzene rings is 1. The van der Waals surface area contributed by atoms with Gasteiger partial charge in [0.15, 0.2) is 0 Å². The molecular formula is C7H9FLiO3P. The summed E-state index contributed by atoms with van der Waals surface area (Å²) in [6, 6.07) is 10.5. The topological polar surface area (TPSA) is 57.5 Å². The summed E-state index contributed by atoms with van der Waals surface area (Å²) in [4.78, 5) is 13.9. The maximum atomic E-state index is 10.4. The van der Waals surface area contributed by atoms with Crippen LogP contribution in [0.25, 0.3) is 0 Å². The molecule has 0 aliphatic carbocycles. The Morgan fingerprint density at radius 2 is 1.69 bits per heavy atom. The van der Waals surface area contributed by atoms with Gasteiger partial charge in [-0.2, -0.15) is 0 Å². The quantitative estimate of drug-likeness (QED) is 0.529. The standard InChI is InChI=1S/C7H7.FH2O3P.Li/c1-7-5-3-2-4-6-7;1-5(2,3)4;/h2-6H,1H2;(H2,2,3,4);. The molecule has 0 heterocycles. The molecule has 1 aromatic carbocycles. The van der Waals surface area contributed by atoms with E-state index >= 15 is 0 Å². The van der Waals surface area contributed by atoms with Gasteiger partial charge in [-0.05, 0) is 0 Å². The Morgan fingerprint density at radius 3 is 1.92 bits per heavy atom. The van der Waals surface area contributed by atoms with Crippen LogP contribution in [0.3, 0.4) is 0 Å². The van der Waals surface area contributed by atoms with Crippen molar-refractivity contribution in [2.24, 2.45) is 0 Å². The zero-order chi connectivity index (χ0) is 10.3. The first-order valence-corrected chi connectivity index (χ1v) is 5.23. The predicted molar refractivity (Wildman–Crippen MR) is 49.1 cm³/mol. The molecule has 0 amide bonds. The second-order valence-electron chi connectivity index (χ2n) is 2.31. The number of hydrogen-bond donors (Lipinski definition) is 2. The van der Waals surface area contributed by atoms with Gasteiger partial charge in [0.25, 0.3) is 0 Å². The Balaban J connectivity index is 0.000000252. The molecule has 0 aliphatic heterocycles. The molecule has 0 unspecified atom stereocenters. The summed E-state index contributed by atoms with van der Waals surface area (Å²) in [6.07, 6.45) is 0. The van der Waals surface area contributed by atoms with Crippen molar-refractivity contribution in [3.63, 3.8) is 0 Å². The second kappa shape index (κ2) is 6.37. The first kappa shape index (κ1) is 12.9. The van der Waals surface area contributed by atoms with E-state index in [-0.39, 0.29) is 0 Å². The molecule has 0 aliphatic rings. The van der Waals surface area contributed by atoms with Crippen LogP contribution in [-0.2, 0) is 9.66 Å². The van der Waals surface area contributed by atoms with Gasteiger partial charge in [0.05, 0.1) is 0 Å². The monoisotopic (exact) mass is 198 g/mol. The predicted octanol–water partition coefficient (Wildman–Crippen LogP) is 1.40. The Bertz CT molecular complexity index is 266. The van der Waals surface area contributed by atoms with Crippen LogP contribution < -0.4 is 0 Å². The molecule has 13 heavy (non-hydrogen) atoms. The van der Waals surface area contributed by atoms with Crippen LogP contribution in [0.5, 0.6) is 0 Å². The molecule has 3 nitrogen and oxygen atoms in total. The van der Waals surface area contributed by atoms with Crippen LogP contribution >= 0.6 is 7.91 Å². The van der Waals surface area contributed by atoms with E-state index < -0.39 is 7.91 Å². The van der Waals surface area contributed by atoms with E-state index in [0.29, 0.717) is 0 Å². The van der Waals surface area contributed by atoms with Crippen molar-refractivity contribution in [3.8, 4) is 0 Å². The summed E-state index contributed by atoms with van der Waals surface area (Å²) < 4.78 is 19.0. The third-order valence-corrected chi connectivity index (χ3v) is 1.25. The third kappa shape index (κ3) is 11.9. The third-order valence-electron chi connectivity index (χ3n) is 1.25. The molecule has 2 N–H and O–H groups in total. The average Bonchev–Trinajstić information content (AvgIpc) is 2.03. The summed E-state index contributed by atoms with van der Waals surface area (Å²) >= 11 is 2.16. The zero-order valence-corrected chi connectivity index (χ0v) is 8.12.